The van der Waals surface area contributed by atoms with Crippen LogP contribution in [-0.4, -0.2) is 11.2 Å². The number of pyridine rings is 1. The molecule has 27 heavy (non-hydrogen) atoms. The van der Waals surface area contributed by atoms with E-state index in [9.17, 15) is 9.18 Å². The van der Waals surface area contributed by atoms with Crippen LogP contribution >= 0.6 is 0 Å². The second-order valence-corrected chi connectivity index (χ2v) is 7.06. The van der Waals surface area contributed by atoms with Crippen LogP contribution in [0.3, 0.4) is 0 Å². The van der Waals surface area contributed by atoms with Gasteiger partial charge in [0.1, 0.15) is 11.9 Å². The molecule has 0 radical (unpaired) electrons. The molecular formula is C23H22FNO2. The van der Waals surface area contributed by atoms with Crippen molar-refractivity contribution in [3.05, 3.63) is 106 Å². The van der Waals surface area contributed by atoms with Crippen LogP contribution in [0.5, 0.6) is 0 Å². The number of aromatic nitrogens is 1. The highest BCUT2D eigenvalue weighted by atomic mass is 19.1. The fourth-order valence-corrected chi connectivity index (χ4v) is 3.36. The average Bonchev–Trinajstić information content (AvgIpc) is 3.53. The minimum atomic E-state index is -0.449. The fourth-order valence-electron chi connectivity index (χ4n) is 3.36. The third kappa shape index (κ3) is 4.17. The van der Waals surface area contributed by atoms with E-state index >= 15 is 0 Å². The first-order valence-corrected chi connectivity index (χ1v) is 9.31. The van der Waals surface area contributed by atoms with Gasteiger partial charge in [0.2, 0.25) is 0 Å². The van der Waals surface area contributed by atoms with Gasteiger partial charge in [-0.2, -0.15) is 0 Å². The van der Waals surface area contributed by atoms with Gasteiger partial charge in [0.05, 0.1) is 12.6 Å². The maximum Gasteiger partial charge on any atom is 0.251 e. The lowest BCUT2D eigenvalue weighted by Gasteiger charge is -2.30. The maximum absolute atomic E-state index is 14.0. The van der Waals surface area contributed by atoms with Crippen LogP contribution in [0.15, 0.2) is 83.8 Å². The highest BCUT2D eigenvalue weighted by Crippen LogP contribution is 2.38. The Morgan fingerprint density at radius 1 is 0.926 bits per heavy atom. The Labute approximate surface area is 158 Å². The van der Waals surface area contributed by atoms with Crippen molar-refractivity contribution >= 4 is 0 Å². The van der Waals surface area contributed by atoms with E-state index in [2.05, 4.69) is 0 Å². The van der Waals surface area contributed by atoms with Crippen LogP contribution in [0.4, 0.5) is 4.39 Å². The molecule has 1 heterocycles. The van der Waals surface area contributed by atoms with Gasteiger partial charge in [-0.05, 0) is 36.0 Å². The Morgan fingerprint density at radius 2 is 1.56 bits per heavy atom. The molecule has 0 N–H and O–H groups in total. The summed E-state index contributed by atoms with van der Waals surface area (Å²) in [6.07, 6.45) is 3.25. The zero-order chi connectivity index (χ0) is 18.6. The van der Waals surface area contributed by atoms with Crippen molar-refractivity contribution in [2.75, 3.05) is 6.61 Å². The smallest absolute Gasteiger partial charge is 0.251 e. The van der Waals surface area contributed by atoms with E-state index in [0.29, 0.717) is 12.5 Å². The molecule has 0 saturated heterocycles. The molecule has 0 bridgehead atoms. The number of ether oxygens (including phenoxy) is 1. The van der Waals surface area contributed by atoms with Crippen LogP contribution in [0.1, 0.15) is 36.1 Å². The second-order valence-electron chi connectivity index (χ2n) is 7.06. The zero-order valence-corrected chi connectivity index (χ0v) is 15.0. The van der Waals surface area contributed by atoms with Gasteiger partial charge in [0, 0.05) is 12.3 Å². The summed E-state index contributed by atoms with van der Waals surface area (Å²) >= 11 is 0. The first-order valence-electron chi connectivity index (χ1n) is 9.31. The molecule has 2 atom stereocenters. The summed E-state index contributed by atoms with van der Waals surface area (Å²) in [5.74, 6) is 0.140. The van der Waals surface area contributed by atoms with Gasteiger partial charge in [-0.3, -0.25) is 4.79 Å². The molecule has 1 saturated carbocycles. The molecule has 1 aliphatic carbocycles. The van der Waals surface area contributed by atoms with E-state index in [0.717, 1.165) is 11.1 Å². The molecule has 2 aromatic carbocycles. The summed E-state index contributed by atoms with van der Waals surface area (Å²) < 4.78 is 21.8. The Hall–Kier alpha value is -2.72. The molecule has 0 aliphatic heterocycles. The molecule has 0 unspecified atom stereocenters. The van der Waals surface area contributed by atoms with Crippen molar-refractivity contribution in [3.8, 4) is 0 Å². The number of hydrogen-bond donors (Lipinski definition) is 0. The third-order valence-electron chi connectivity index (χ3n) is 4.97. The van der Waals surface area contributed by atoms with Gasteiger partial charge in [0.25, 0.3) is 5.56 Å². The Bertz CT molecular complexity index is 935. The van der Waals surface area contributed by atoms with E-state index in [4.69, 9.17) is 4.74 Å². The van der Waals surface area contributed by atoms with Gasteiger partial charge in [-0.1, -0.05) is 60.7 Å². The quantitative estimate of drug-likeness (QED) is 0.607. The molecule has 1 fully saturated rings. The lowest BCUT2D eigenvalue weighted by molar-refractivity contribution is 0.0181. The van der Waals surface area contributed by atoms with Crippen molar-refractivity contribution in [2.45, 2.75) is 25.0 Å². The van der Waals surface area contributed by atoms with Crippen LogP contribution in [0.25, 0.3) is 0 Å². The normalized spacial score (nSPS) is 16.0. The van der Waals surface area contributed by atoms with Gasteiger partial charge in [0.15, 0.2) is 0 Å². The minimum Gasteiger partial charge on any atom is -0.371 e. The SMILES string of the molecule is O=c1ccc(F)cn1[C@H](c1ccccc1)[C@H](OCC1CC1)c1ccccc1. The van der Waals surface area contributed by atoms with Crippen molar-refractivity contribution in [3.63, 3.8) is 0 Å². The molecule has 4 rings (SSSR count). The molecule has 138 valence electrons. The summed E-state index contributed by atoms with van der Waals surface area (Å²) in [5, 5.41) is 0. The molecular weight excluding hydrogens is 341 g/mol. The summed E-state index contributed by atoms with van der Waals surface area (Å²) in [7, 11) is 0. The average molecular weight is 363 g/mol. The van der Waals surface area contributed by atoms with Gasteiger partial charge in [-0.25, -0.2) is 4.39 Å². The van der Waals surface area contributed by atoms with Gasteiger partial charge in [-0.15, -0.1) is 0 Å². The van der Waals surface area contributed by atoms with Crippen LogP contribution in [0.2, 0.25) is 0 Å². The Balaban J connectivity index is 1.83. The lowest BCUT2D eigenvalue weighted by Crippen LogP contribution is -2.30. The number of hydrogen-bond acceptors (Lipinski definition) is 2. The molecule has 3 nitrogen and oxygen atoms in total. The molecule has 1 aliphatic rings. The predicted octanol–water partition coefficient (Wildman–Crippen LogP) is 4.74. The largest absolute Gasteiger partial charge is 0.371 e. The zero-order valence-electron chi connectivity index (χ0n) is 15.0. The number of benzene rings is 2. The molecule has 0 spiro atoms. The third-order valence-corrected chi connectivity index (χ3v) is 4.97. The first-order chi connectivity index (χ1) is 13.2. The number of halogens is 1. The summed E-state index contributed by atoms with van der Waals surface area (Å²) in [4.78, 5) is 12.6. The fraction of sp³-hybridized carbons (Fsp3) is 0.261. The Kier molecular flexibility index (Phi) is 5.16. The molecule has 0 amide bonds. The number of rotatable bonds is 7. The first kappa shape index (κ1) is 17.7. The molecule has 3 aromatic rings. The highest BCUT2D eigenvalue weighted by molar-refractivity contribution is 5.28. The topological polar surface area (TPSA) is 31.2 Å². The van der Waals surface area contributed by atoms with Crippen molar-refractivity contribution in [1.82, 2.24) is 4.57 Å². The van der Waals surface area contributed by atoms with Crippen molar-refractivity contribution in [2.24, 2.45) is 5.92 Å². The summed E-state index contributed by atoms with van der Waals surface area (Å²) in [5.41, 5.74) is 1.64. The van der Waals surface area contributed by atoms with Crippen molar-refractivity contribution < 1.29 is 9.13 Å². The maximum atomic E-state index is 14.0. The van der Waals surface area contributed by atoms with Crippen LogP contribution in [0, 0.1) is 11.7 Å². The summed E-state index contributed by atoms with van der Waals surface area (Å²) in [6, 6.07) is 21.6. The van der Waals surface area contributed by atoms with E-state index < -0.39 is 11.9 Å². The van der Waals surface area contributed by atoms with Gasteiger partial charge >= 0.3 is 0 Å². The molecule has 1 aromatic heterocycles. The monoisotopic (exact) mass is 363 g/mol. The lowest BCUT2D eigenvalue weighted by atomic mass is 9.95. The minimum absolute atomic E-state index is 0.249. The van der Waals surface area contributed by atoms with Gasteiger partial charge < -0.3 is 9.30 Å². The summed E-state index contributed by atoms with van der Waals surface area (Å²) in [6.45, 7) is 0.646. The van der Waals surface area contributed by atoms with E-state index in [1.54, 1.807) is 0 Å². The Morgan fingerprint density at radius 3 is 2.19 bits per heavy atom. The highest BCUT2D eigenvalue weighted by Gasteiger charge is 2.31. The van der Waals surface area contributed by atoms with E-state index in [1.807, 2.05) is 60.7 Å². The predicted molar refractivity (Wildman–Crippen MR) is 103 cm³/mol. The second kappa shape index (κ2) is 7.89. The van der Waals surface area contributed by atoms with Crippen molar-refractivity contribution in [1.29, 1.82) is 0 Å². The van der Waals surface area contributed by atoms with E-state index in [-0.39, 0.29) is 11.7 Å². The van der Waals surface area contributed by atoms with Crippen LogP contribution in [-0.2, 0) is 4.74 Å². The number of nitrogens with zero attached hydrogens (tertiary/aromatic N) is 1. The standard InChI is InChI=1S/C23H22FNO2/c24-20-13-14-21(26)25(15-20)22(18-7-3-1-4-8-18)23(27-16-17-11-12-17)19-9-5-2-6-10-19/h1-10,13-15,17,22-23H,11-12,16H2/t22-,23-/m1/s1. The van der Waals surface area contributed by atoms with E-state index in [1.165, 1.54) is 35.7 Å². The molecule has 4 heteroatoms. The van der Waals surface area contributed by atoms with Crippen LogP contribution < -0.4 is 5.56 Å².